The highest BCUT2D eigenvalue weighted by atomic mass is 15.0. The van der Waals surface area contributed by atoms with Crippen molar-refractivity contribution in [3.8, 4) is 0 Å². The molecular weight excluding hydrogens is 232 g/mol. The molecule has 1 aliphatic carbocycles. The summed E-state index contributed by atoms with van der Waals surface area (Å²) >= 11 is 0. The molecule has 2 atom stereocenters. The zero-order valence-electron chi connectivity index (χ0n) is 11.1. The lowest BCUT2D eigenvalue weighted by atomic mass is 9.97. The molecule has 0 unspecified atom stereocenters. The first-order chi connectivity index (χ1) is 9.36. The van der Waals surface area contributed by atoms with Gasteiger partial charge in [0.2, 0.25) is 0 Å². The molecule has 0 bridgehead atoms. The molecule has 2 heteroatoms. The molecule has 1 heterocycles. The van der Waals surface area contributed by atoms with Crippen molar-refractivity contribution in [2.75, 3.05) is 12.4 Å². The van der Waals surface area contributed by atoms with Gasteiger partial charge < -0.3 is 10.6 Å². The fraction of sp³-hybridized carbons (Fsp3) is 0.294. The summed E-state index contributed by atoms with van der Waals surface area (Å²) in [5.74, 6) is 0. The van der Waals surface area contributed by atoms with Gasteiger partial charge in [0, 0.05) is 11.7 Å². The van der Waals surface area contributed by atoms with Gasteiger partial charge in [0.05, 0.1) is 6.04 Å². The quantitative estimate of drug-likeness (QED) is 0.813. The molecule has 2 aromatic carbocycles. The highest BCUT2D eigenvalue weighted by molar-refractivity contribution is 5.61. The summed E-state index contributed by atoms with van der Waals surface area (Å²) in [4.78, 5) is 0. The third-order valence-electron chi connectivity index (χ3n) is 4.52. The van der Waals surface area contributed by atoms with Crippen molar-refractivity contribution in [2.45, 2.75) is 24.9 Å². The minimum absolute atomic E-state index is 0.403. The second kappa shape index (κ2) is 4.10. The largest absolute Gasteiger partial charge is 0.376 e. The van der Waals surface area contributed by atoms with E-state index in [1.54, 1.807) is 0 Å². The third-order valence-corrected chi connectivity index (χ3v) is 4.52. The molecule has 2 nitrogen and oxygen atoms in total. The summed E-state index contributed by atoms with van der Waals surface area (Å²) in [6.45, 7) is 0. The molecule has 0 saturated carbocycles. The van der Waals surface area contributed by atoms with Crippen molar-refractivity contribution < 1.29 is 0 Å². The van der Waals surface area contributed by atoms with E-state index in [1.807, 2.05) is 0 Å². The first-order valence-corrected chi connectivity index (χ1v) is 6.99. The van der Waals surface area contributed by atoms with Gasteiger partial charge in [-0.2, -0.15) is 0 Å². The van der Waals surface area contributed by atoms with Crippen LogP contribution in [0.5, 0.6) is 0 Å². The molecule has 0 radical (unpaired) electrons. The maximum absolute atomic E-state index is 3.76. The molecule has 0 spiro atoms. The van der Waals surface area contributed by atoms with Crippen LogP contribution in [-0.4, -0.2) is 13.1 Å². The van der Waals surface area contributed by atoms with Crippen molar-refractivity contribution in [3.63, 3.8) is 0 Å². The Labute approximate surface area is 113 Å². The van der Waals surface area contributed by atoms with Crippen LogP contribution in [0, 0.1) is 0 Å². The molecule has 0 saturated heterocycles. The summed E-state index contributed by atoms with van der Waals surface area (Å²) in [5.41, 5.74) is 7.20. The Hall–Kier alpha value is -1.80. The summed E-state index contributed by atoms with van der Waals surface area (Å²) in [7, 11) is 2.06. The van der Waals surface area contributed by atoms with Crippen LogP contribution in [0.2, 0.25) is 0 Å². The van der Waals surface area contributed by atoms with E-state index in [9.17, 15) is 0 Å². The van der Waals surface area contributed by atoms with Gasteiger partial charge in [-0.1, -0.05) is 36.4 Å². The summed E-state index contributed by atoms with van der Waals surface area (Å²) in [5, 5.41) is 7.22. The van der Waals surface area contributed by atoms with Crippen LogP contribution in [-0.2, 0) is 12.8 Å². The Bertz CT molecular complexity index is 633. The Kier molecular flexibility index (Phi) is 2.39. The molecule has 2 aromatic rings. The van der Waals surface area contributed by atoms with Crippen LogP contribution in [0.25, 0.3) is 0 Å². The molecule has 96 valence electrons. The van der Waals surface area contributed by atoms with Gasteiger partial charge >= 0.3 is 0 Å². The number of rotatable bonds is 1. The second-order valence-electron chi connectivity index (χ2n) is 5.55. The molecule has 0 fully saturated rings. The van der Waals surface area contributed by atoms with E-state index in [4.69, 9.17) is 0 Å². The van der Waals surface area contributed by atoms with Crippen molar-refractivity contribution in [1.29, 1.82) is 0 Å². The Morgan fingerprint density at radius 1 is 1.00 bits per heavy atom. The maximum atomic E-state index is 3.76. The Morgan fingerprint density at radius 2 is 1.79 bits per heavy atom. The van der Waals surface area contributed by atoms with Gasteiger partial charge in [-0.15, -0.1) is 0 Å². The molecule has 19 heavy (non-hydrogen) atoms. The monoisotopic (exact) mass is 250 g/mol. The van der Waals surface area contributed by atoms with Gasteiger partial charge in [0.15, 0.2) is 0 Å². The molecular formula is C17H18N2. The van der Waals surface area contributed by atoms with E-state index in [1.165, 1.54) is 27.9 Å². The lowest BCUT2D eigenvalue weighted by molar-refractivity contribution is 0.529. The predicted molar refractivity (Wildman–Crippen MR) is 78.6 cm³/mol. The number of para-hydroxylation sites is 1. The number of anilines is 1. The predicted octanol–water partition coefficient (Wildman–Crippen LogP) is 2.89. The first kappa shape index (κ1) is 11.1. The van der Waals surface area contributed by atoms with Gasteiger partial charge in [-0.25, -0.2) is 0 Å². The number of nitrogens with one attached hydrogen (secondary N) is 2. The third kappa shape index (κ3) is 1.60. The minimum atomic E-state index is 0.403. The second-order valence-corrected chi connectivity index (χ2v) is 5.55. The van der Waals surface area contributed by atoms with Crippen molar-refractivity contribution >= 4 is 5.69 Å². The lowest BCUT2D eigenvalue weighted by Crippen LogP contribution is -2.33. The fourth-order valence-corrected chi connectivity index (χ4v) is 3.58. The number of benzene rings is 2. The zero-order valence-corrected chi connectivity index (χ0v) is 11.1. The average Bonchev–Trinajstić information content (AvgIpc) is 2.70. The van der Waals surface area contributed by atoms with E-state index >= 15 is 0 Å². The standard InChI is InChI=1S/C17H18N2/c1-18-15-10-13-7-4-6-12-9-11-5-2-3-8-14(11)19-17(15)16(12)13/h2-8,15,17-19H,9-10H2,1H3/t15-,17-/m1/s1. The summed E-state index contributed by atoms with van der Waals surface area (Å²) in [6, 6.07) is 16.3. The zero-order chi connectivity index (χ0) is 12.8. The Morgan fingerprint density at radius 3 is 2.68 bits per heavy atom. The number of hydrogen-bond acceptors (Lipinski definition) is 2. The topological polar surface area (TPSA) is 24.1 Å². The van der Waals surface area contributed by atoms with E-state index in [-0.39, 0.29) is 0 Å². The molecule has 4 rings (SSSR count). The number of fused-ring (bicyclic) bond motifs is 1. The molecule has 1 aliphatic heterocycles. The smallest absolute Gasteiger partial charge is 0.0675 e. The average molecular weight is 250 g/mol. The highest BCUT2D eigenvalue weighted by Crippen LogP contribution is 2.40. The van der Waals surface area contributed by atoms with Crippen LogP contribution in [0.1, 0.15) is 28.3 Å². The fourth-order valence-electron chi connectivity index (χ4n) is 3.58. The van der Waals surface area contributed by atoms with E-state index in [2.05, 4.69) is 60.1 Å². The first-order valence-electron chi connectivity index (χ1n) is 6.99. The molecule has 0 amide bonds. The van der Waals surface area contributed by atoms with Crippen LogP contribution in [0.15, 0.2) is 42.5 Å². The van der Waals surface area contributed by atoms with Crippen LogP contribution >= 0.6 is 0 Å². The van der Waals surface area contributed by atoms with E-state index in [0.717, 1.165) is 12.8 Å². The van der Waals surface area contributed by atoms with Crippen LogP contribution in [0.4, 0.5) is 5.69 Å². The van der Waals surface area contributed by atoms with Crippen LogP contribution in [0.3, 0.4) is 0 Å². The number of likely N-dealkylation sites (N-methyl/N-ethyl adjacent to an activating group) is 1. The van der Waals surface area contributed by atoms with Gasteiger partial charge in [0.25, 0.3) is 0 Å². The maximum Gasteiger partial charge on any atom is 0.0675 e. The normalized spacial score (nSPS) is 23.2. The minimum Gasteiger partial charge on any atom is -0.376 e. The van der Waals surface area contributed by atoms with E-state index in [0.29, 0.717) is 12.1 Å². The lowest BCUT2D eigenvalue weighted by Gasteiger charge is -2.22. The molecule has 2 aliphatic rings. The van der Waals surface area contributed by atoms with Crippen molar-refractivity contribution in [2.24, 2.45) is 0 Å². The Balaban J connectivity index is 1.91. The van der Waals surface area contributed by atoms with Crippen molar-refractivity contribution in [1.82, 2.24) is 5.32 Å². The van der Waals surface area contributed by atoms with Gasteiger partial charge in [0.1, 0.15) is 0 Å². The highest BCUT2D eigenvalue weighted by Gasteiger charge is 2.35. The van der Waals surface area contributed by atoms with E-state index < -0.39 is 0 Å². The summed E-state index contributed by atoms with van der Waals surface area (Å²) < 4.78 is 0. The summed E-state index contributed by atoms with van der Waals surface area (Å²) in [6.07, 6.45) is 2.17. The SMILES string of the molecule is CN[C@@H]1Cc2cccc3c2[C@@H]1Nc1ccccc1C3. The van der Waals surface area contributed by atoms with Gasteiger partial charge in [-0.05, 0) is 48.2 Å². The van der Waals surface area contributed by atoms with Crippen LogP contribution < -0.4 is 10.6 Å². The number of hydrogen-bond donors (Lipinski definition) is 2. The van der Waals surface area contributed by atoms with Crippen molar-refractivity contribution in [3.05, 3.63) is 64.7 Å². The molecule has 0 aromatic heterocycles. The molecule has 2 N–H and O–H groups in total. The van der Waals surface area contributed by atoms with Gasteiger partial charge in [-0.3, -0.25) is 0 Å².